The number of ether oxygens (including phenoxy) is 2. The molecule has 114 valence electrons. The standard InChI is InChI=1S/C16H21NO4/c1-16(15(19)21-4)13(14(18)20-3)12(10-17(16)2)11-8-6-5-7-9-11/h5-9,12-13H,10H2,1-4H3/t12-,13+,16+/m0/s1. The van der Waals surface area contributed by atoms with Gasteiger partial charge in [-0.1, -0.05) is 30.3 Å². The quantitative estimate of drug-likeness (QED) is 0.789. The van der Waals surface area contributed by atoms with Gasteiger partial charge >= 0.3 is 11.9 Å². The first-order valence-corrected chi connectivity index (χ1v) is 6.89. The molecule has 0 aromatic heterocycles. The second kappa shape index (κ2) is 5.85. The molecule has 0 spiro atoms. The van der Waals surface area contributed by atoms with Crippen LogP contribution in [0.5, 0.6) is 0 Å². The summed E-state index contributed by atoms with van der Waals surface area (Å²) >= 11 is 0. The molecule has 0 aliphatic carbocycles. The monoisotopic (exact) mass is 291 g/mol. The van der Waals surface area contributed by atoms with E-state index in [2.05, 4.69) is 0 Å². The van der Waals surface area contributed by atoms with Crippen LogP contribution < -0.4 is 0 Å². The molecule has 1 fully saturated rings. The molecule has 0 unspecified atom stereocenters. The van der Waals surface area contributed by atoms with Crippen LogP contribution in [0.15, 0.2) is 30.3 Å². The third-order valence-corrected chi connectivity index (χ3v) is 4.55. The lowest BCUT2D eigenvalue weighted by Crippen LogP contribution is -2.53. The summed E-state index contributed by atoms with van der Waals surface area (Å²) in [6.45, 7) is 2.33. The summed E-state index contributed by atoms with van der Waals surface area (Å²) in [6.07, 6.45) is 0. The van der Waals surface area contributed by atoms with Crippen molar-refractivity contribution >= 4 is 11.9 Å². The molecule has 2 rings (SSSR count). The Balaban J connectivity index is 2.49. The number of likely N-dealkylation sites (tertiary alicyclic amines) is 1. The van der Waals surface area contributed by atoms with E-state index in [9.17, 15) is 9.59 Å². The Kier molecular flexibility index (Phi) is 4.32. The highest BCUT2D eigenvalue weighted by Gasteiger charge is 2.59. The molecule has 1 aliphatic heterocycles. The topological polar surface area (TPSA) is 55.8 Å². The van der Waals surface area contributed by atoms with Crippen molar-refractivity contribution in [3.8, 4) is 0 Å². The minimum absolute atomic E-state index is 0.104. The number of likely N-dealkylation sites (N-methyl/N-ethyl adjacent to an activating group) is 1. The van der Waals surface area contributed by atoms with E-state index in [4.69, 9.17) is 9.47 Å². The predicted molar refractivity (Wildman–Crippen MR) is 77.7 cm³/mol. The number of esters is 2. The lowest BCUT2D eigenvalue weighted by atomic mass is 9.78. The van der Waals surface area contributed by atoms with Crippen LogP contribution in [0.25, 0.3) is 0 Å². The SMILES string of the molecule is COC(=O)[C@H]1[C@H](c2ccccc2)CN(C)[C@@]1(C)C(=O)OC. The third kappa shape index (κ3) is 2.42. The van der Waals surface area contributed by atoms with Gasteiger partial charge in [0.05, 0.1) is 20.1 Å². The molecule has 1 saturated heterocycles. The number of hydrogen-bond donors (Lipinski definition) is 0. The molecule has 5 heteroatoms. The van der Waals surface area contributed by atoms with E-state index >= 15 is 0 Å². The highest BCUT2D eigenvalue weighted by molar-refractivity contribution is 5.90. The van der Waals surface area contributed by atoms with Crippen molar-refractivity contribution in [3.63, 3.8) is 0 Å². The second-order valence-corrected chi connectivity index (χ2v) is 5.54. The number of carbonyl (C=O) groups is 2. The zero-order valence-electron chi connectivity index (χ0n) is 12.8. The first-order valence-electron chi connectivity index (χ1n) is 6.89. The highest BCUT2D eigenvalue weighted by Crippen LogP contribution is 2.44. The van der Waals surface area contributed by atoms with Gasteiger partial charge in [-0.15, -0.1) is 0 Å². The van der Waals surface area contributed by atoms with Gasteiger partial charge in [-0.2, -0.15) is 0 Å². The minimum Gasteiger partial charge on any atom is -0.469 e. The number of benzene rings is 1. The van der Waals surface area contributed by atoms with Gasteiger partial charge in [0.25, 0.3) is 0 Å². The van der Waals surface area contributed by atoms with Gasteiger partial charge < -0.3 is 9.47 Å². The molecule has 1 heterocycles. The summed E-state index contributed by atoms with van der Waals surface area (Å²) in [5.74, 6) is -1.50. The lowest BCUT2D eigenvalue weighted by Gasteiger charge is -2.33. The molecule has 0 bridgehead atoms. The molecule has 1 aromatic rings. The van der Waals surface area contributed by atoms with Crippen molar-refractivity contribution in [1.82, 2.24) is 4.90 Å². The molecular weight excluding hydrogens is 270 g/mol. The average Bonchev–Trinajstić information content (AvgIpc) is 2.79. The van der Waals surface area contributed by atoms with Crippen LogP contribution in [0.2, 0.25) is 0 Å². The van der Waals surface area contributed by atoms with Crippen molar-refractivity contribution in [3.05, 3.63) is 35.9 Å². The summed E-state index contributed by atoms with van der Waals surface area (Å²) in [5, 5.41) is 0. The van der Waals surface area contributed by atoms with E-state index in [-0.39, 0.29) is 11.9 Å². The summed E-state index contributed by atoms with van der Waals surface area (Å²) in [7, 11) is 4.52. The Morgan fingerprint density at radius 1 is 1.19 bits per heavy atom. The normalized spacial score (nSPS) is 29.1. The zero-order valence-corrected chi connectivity index (χ0v) is 12.8. The van der Waals surface area contributed by atoms with Gasteiger partial charge in [-0.3, -0.25) is 14.5 Å². The molecule has 21 heavy (non-hydrogen) atoms. The lowest BCUT2D eigenvalue weighted by molar-refractivity contribution is -0.162. The Morgan fingerprint density at radius 2 is 1.81 bits per heavy atom. The number of nitrogens with zero attached hydrogens (tertiary/aromatic N) is 1. The Bertz CT molecular complexity index is 530. The number of hydrogen-bond acceptors (Lipinski definition) is 5. The number of rotatable bonds is 3. The molecule has 1 aromatic carbocycles. The zero-order chi connectivity index (χ0) is 15.6. The molecule has 3 atom stereocenters. The number of methoxy groups -OCH3 is 2. The van der Waals surface area contributed by atoms with Crippen molar-refractivity contribution in [2.24, 2.45) is 5.92 Å². The van der Waals surface area contributed by atoms with Crippen LogP contribution in [-0.2, 0) is 19.1 Å². The Labute approximate surface area is 124 Å². The van der Waals surface area contributed by atoms with Gasteiger partial charge in [-0.05, 0) is 19.5 Å². The van der Waals surface area contributed by atoms with Crippen molar-refractivity contribution in [2.75, 3.05) is 27.8 Å². The van der Waals surface area contributed by atoms with Crippen molar-refractivity contribution < 1.29 is 19.1 Å². The van der Waals surface area contributed by atoms with Gasteiger partial charge in [0.2, 0.25) is 0 Å². The van der Waals surface area contributed by atoms with Crippen LogP contribution in [0, 0.1) is 5.92 Å². The summed E-state index contributed by atoms with van der Waals surface area (Å²) in [5.41, 5.74) is -0.00472. The van der Waals surface area contributed by atoms with Crippen LogP contribution in [0.1, 0.15) is 18.4 Å². The summed E-state index contributed by atoms with van der Waals surface area (Å²) < 4.78 is 9.88. The van der Waals surface area contributed by atoms with Crippen molar-refractivity contribution in [1.29, 1.82) is 0 Å². The van der Waals surface area contributed by atoms with Gasteiger partial charge in [-0.25, -0.2) is 0 Å². The number of carbonyl (C=O) groups excluding carboxylic acids is 2. The minimum atomic E-state index is -1.03. The molecular formula is C16H21NO4. The maximum Gasteiger partial charge on any atom is 0.326 e. The maximum atomic E-state index is 12.3. The molecule has 0 amide bonds. The average molecular weight is 291 g/mol. The first kappa shape index (κ1) is 15.5. The van der Waals surface area contributed by atoms with E-state index < -0.39 is 17.4 Å². The van der Waals surface area contributed by atoms with E-state index in [1.807, 2.05) is 42.3 Å². The fraction of sp³-hybridized carbons (Fsp3) is 0.500. The second-order valence-electron chi connectivity index (χ2n) is 5.54. The molecule has 5 nitrogen and oxygen atoms in total. The van der Waals surface area contributed by atoms with E-state index in [0.29, 0.717) is 6.54 Å². The fourth-order valence-corrected chi connectivity index (χ4v) is 3.23. The molecule has 0 N–H and O–H groups in total. The van der Waals surface area contributed by atoms with Gasteiger partial charge in [0.1, 0.15) is 5.54 Å². The predicted octanol–water partition coefficient (Wildman–Crippen LogP) is 1.44. The smallest absolute Gasteiger partial charge is 0.326 e. The molecule has 1 aliphatic rings. The van der Waals surface area contributed by atoms with E-state index in [0.717, 1.165) is 5.56 Å². The highest BCUT2D eigenvalue weighted by atomic mass is 16.5. The fourth-order valence-electron chi connectivity index (χ4n) is 3.23. The molecule has 0 radical (unpaired) electrons. The van der Waals surface area contributed by atoms with E-state index in [1.165, 1.54) is 14.2 Å². The Morgan fingerprint density at radius 3 is 2.33 bits per heavy atom. The van der Waals surface area contributed by atoms with Crippen molar-refractivity contribution in [2.45, 2.75) is 18.4 Å². The summed E-state index contributed by atoms with van der Waals surface area (Å²) in [4.78, 5) is 26.5. The molecule has 0 saturated carbocycles. The van der Waals surface area contributed by atoms with Crippen LogP contribution >= 0.6 is 0 Å². The van der Waals surface area contributed by atoms with Gasteiger partial charge in [0.15, 0.2) is 0 Å². The van der Waals surface area contributed by atoms with E-state index in [1.54, 1.807) is 6.92 Å². The largest absolute Gasteiger partial charge is 0.469 e. The van der Waals surface area contributed by atoms with Crippen LogP contribution in [0.3, 0.4) is 0 Å². The van der Waals surface area contributed by atoms with Crippen LogP contribution in [0.4, 0.5) is 0 Å². The van der Waals surface area contributed by atoms with Gasteiger partial charge in [0, 0.05) is 12.5 Å². The summed E-state index contributed by atoms with van der Waals surface area (Å²) in [6, 6.07) is 9.72. The first-order chi connectivity index (χ1) is 9.96. The maximum absolute atomic E-state index is 12.3. The van der Waals surface area contributed by atoms with Crippen LogP contribution in [-0.4, -0.2) is 50.2 Å². The Hall–Kier alpha value is -1.88. The third-order valence-electron chi connectivity index (χ3n) is 4.55.